The second-order valence-electron chi connectivity index (χ2n) is 6.28. The number of benzene rings is 2. The second-order valence-corrected chi connectivity index (χ2v) is 11.1. The lowest BCUT2D eigenvalue weighted by molar-refractivity contribution is 0.543. The zero-order valence-corrected chi connectivity index (χ0v) is 16.9. The van der Waals surface area contributed by atoms with Crippen molar-refractivity contribution in [2.24, 2.45) is 0 Å². The molecular formula is C18H19ClF2O4S2. The first-order valence-electron chi connectivity index (χ1n) is 8.13. The molecule has 2 rings (SSSR count). The molecule has 0 aliphatic rings. The molecule has 148 valence electrons. The summed E-state index contributed by atoms with van der Waals surface area (Å²) in [4.78, 5) is -0.105. The number of halogens is 3. The number of unbranched alkanes of at least 4 members (excludes halogenated alkanes) is 1. The zero-order chi connectivity index (χ0) is 20.2. The highest BCUT2D eigenvalue weighted by Crippen LogP contribution is 2.35. The Labute approximate surface area is 163 Å². The van der Waals surface area contributed by atoms with Crippen LogP contribution in [0.1, 0.15) is 30.1 Å². The monoisotopic (exact) mass is 436 g/mol. The maximum atomic E-state index is 14.3. The third-order valence-electron chi connectivity index (χ3n) is 4.04. The predicted octanol–water partition coefficient (Wildman–Crippen LogP) is 4.35. The molecule has 0 aliphatic carbocycles. The van der Waals surface area contributed by atoms with E-state index in [0.717, 1.165) is 24.5 Å². The summed E-state index contributed by atoms with van der Waals surface area (Å²) >= 11 is 5.87. The van der Waals surface area contributed by atoms with Crippen LogP contribution in [0.4, 0.5) is 8.78 Å². The minimum absolute atomic E-state index is 0.0509. The van der Waals surface area contributed by atoms with Gasteiger partial charge in [0.1, 0.15) is 21.5 Å². The maximum Gasteiger partial charge on any atom is 0.185 e. The fraction of sp³-hybridized carbons (Fsp3) is 0.333. The first-order valence-corrected chi connectivity index (χ1v) is 12.1. The van der Waals surface area contributed by atoms with E-state index in [0.29, 0.717) is 0 Å². The Morgan fingerprint density at radius 2 is 1.70 bits per heavy atom. The standard InChI is InChI=1S/C18H19ClF2O4S2/c1-26(22,23)10-3-2-7-18(16-12-14(20)8-9-17(16)21)27(24,25)15-6-4-5-13(19)11-15/h4-6,8-9,11-12,18H,2-3,7,10H2,1H3. The molecule has 0 radical (unpaired) electrons. The molecule has 2 aromatic carbocycles. The Balaban J connectivity index is 2.41. The maximum absolute atomic E-state index is 14.3. The van der Waals surface area contributed by atoms with Gasteiger partial charge in [-0.05, 0) is 49.2 Å². The highest BCUT2D eigenvalue weighted by atomic mass is 35.5. The minimum atomic E-state index is -4.07. The molecule has 0 saturated heterocycles. The summed E-state index contributed by atoms with van der Waals surface area (Å²) in [5.41, 5.74) is -0.283. The summed E-state index contributed by atoms with van der Waals surface area (Å²) < 4.78 is 76.6. The van der Waals surface area contributed by atoms with E-state index in [4.69, 9.17) is 11.6 Å². The fourth-order valence-corrected chi connectivity index (χ4v) is 5.60. The Morgan fingerprint density at radius 3 is 2.33 bits per heavy atom. The van der Waals surface area contributed by atoms with Crippen LogP contribution in [0.25, 0.3) is 0 Å². The summed E-state index contributed by atoms with van der Waals surface area (Å²) in [5.74, 6) is -1.70. The molecule has 0 spiro atoms. The van der Waals surface area contributed by atoms with Gasteiger partial charge in [-0.1, -0.05) is 24.1 Å². The lowest BCUT2D eigenvalue weighted by Gasteiger charge is -2.19. The second kappa shape index (κ2) is 8.67. The van der Waals surface area contributed by atoms with Crippen LogP contribution in [-0.2, 0) is 19.7 Å². The van der Waals surface area contributed by atoms with Crippen LogP contribution < -0.4 is 0 Å². The van der Waals surface area contributed by atoms with Crippen LogP contribution in [0, 0.1) is 11.6 Å². The summed E-state index contributed by atoms with van der Waals surface area (Å²) in [5, 5.41) is -1.15. The fourth-order valence-electron chi connectivity index (χ4n) is 2.74. The molecule has 1 atom stereocenters. The number of rotatable bonds is 8. The van der Waals surface area contributed by atoms with Gasteiger partial charge in [0.2, 0.25) is 0 Å². The SMILES string of the molecule is CS(=O)(=O)CCCCC(c1cc(F)ccc1F)S(=O)(=O)c1cccc(Cl)c1. The molecule has 0 saturated carbocycles. The van der Waals surface area contributed by atoms with Gasteiger partial charge < -0.3 is 0 Å². The van der Waals surface area contributed by atoms with E-state index in [1.807, 2.05) is 0 Å². The molecule has 0 aliphatic heterocycles. The molecule has 0 amide bonds. The Kier molecular flexibility index (Phi) is 6.99. The first-order chi connectivity index (χ1) is 12.5. The van der Waals surface area contributed by atoms with Gasteiger partial charge >= 0.3 is 0 Å². The molecule has 1 unspecified atom stereocenters. The van der Waals surface area contributed by atoms with Crippen molar-refractivity contribution in [3.8, 4) is 0 Å². The zero-order valence-electron chi connectivity index (χ0n) is 14.5. The van der Waals surface area contributed by atoms with Crippen LogP contribution in [0.15, 0.2) is 47.4 Å². The number of hydrogen-bond donors (Lipinski definition) is 0. The van der Waals surface area contributed by atoms with E-state index >= 15 is 0 Å². The van der Waals surface area contributed by atoms with Crippen molar-refractivity contribution in [3.05, 3.63) is 64.7 Å². The van der Waals surface area contributed by atoms with Gasteiger partial charge in [0.15, 0.2) is 9.84 Å². The summed E-state index contributed by atoms with van der Waals surface area (Å²) in [6.07, 6.45) is 1.47. The topological polar surface area (TPSA) is 68.3 Å². The van der Waals surface area contributed by atoms with Crippen LogP contribution in [-0.4, -0.2) is 28.8 Å². The molecule has 0 fully saturated rings. The Morgan fingerprint density at radius 1 is 1.00 bits per heavy atom. The molecule has 0 bridgehead atoms. The van der Waals surface area contributed by atoms with Gasteiger partial charge in [-0.3, -0.25) is 0 Å². The molecular weight excluding hydrogens is 418 g/mol. The predicted molar refractivity (Wildman–Crippen MR) is 101 cm³/mol. The molecule has 9 heteroatoms. The van der Waals surface area contributed by atoms with Crippen molar-refractivity contribution in [2.45, 2.75) is 29.4 Å². The minimum Gasteiger partial charge on any atom is -0.229 e. The lowest BCUT2D eigenvalue weighted by atomic mass is 10.1. The molecule has 2 aromatic rings. The van der Waals surface area contributed by atoms with Crippen molar-refractivity contribution in [3.63, 3.8) is 0 Å². The summed E-state index contributed by atoms with van der Waals surface area (Å²) in [6.45, 7) is 0. The molecule has 4 nitrogen and oxygen atoms in total. The normalized spacial score (nSPS) is 13.5. The van der Waals surface area contributed by atoms with Gasteiger partial charge in [0, 0.05) is 22.6 Å². The average molecular weight is 437 g/mol. The molecule has 0 heterocycles. The van der Waals surface area contributed by atoms with E-state index in [9.17, 15) is 25.6 Å². The van der Waals surface area contributed by atoms with Crippen molar-refractivity contribution in [1.82, 2.24) is 0 Å². The highest BCUT2D eigenvalue weighted by molar-refractivity contribution is 7.91. The Bertz CT molecular complexity index is 1020. The van der Waals surface area contributed by atoms with Gasteiger partial charge in [0.05, 0.1) is 10.1 Å². The van der Waals surface area contributed by atoms with E-state index in [-0.39, 0.29) is 40.5 Å². The number of sulfone groups is 2. The van der Waals surface area contributed by atoms with Crippen molar-refractivity contribution in [1.29, 1.82) is 0 Å². The van der Waals surface area contributed by atoms with Crippen molar-refractivity contribution in [2.75, 3.05) is 12.0 Å². The summed E-state index contributed by atoms with van der Waals surface area (Å²) in [7, 11) is -7.27. The summed E-state index contributed by atoms with van der Waals surface area (Å²) in [6, 6.07) is 8.19. The van der Waals surface area contributed by atoms with Crippen molar-refractivity contribution < 1.29 is 25.6 Å². The Hall–Kier alpha value is -1.51. The quantitative estimate of drug-likeness (QED) is 0.577. The van der Waals surface area contributed by atoms with Crippen molar-refractivity contribution >= 4 is 31.3 Å². The smallest absolute Gasteiger partial charge is 0.185 e. The van der Waals surface area contributed by atoms with Gasteiger partial charge in [-0.25, -0.2) is 25.6 Å². The van der Waals surface area contributed by atoms with Crippen LogP contribution in [0.2, 0.25) is 5.02 Å². The largest absolute Gasteiger partial charge is 0.229 e. The average Bonchev–Trinajstić information content (AvgIpc) is 2.56. The number of hydrogen-bond acceptors (Lipinski definition) is 4. The van der Waals surface area contributed by atoms with E-state index in [2.05, 4.69) is 0 Å². The van der Waals surface area contributed by atoms with E-state index < -0.39 is 36.6 Å². The molecule has 0 N–H and O–H groups in total. The van der Waals surface area contributed by atoms with Crippen LogP contribution in [0.5, 0.6) is 0 Å². The molecule has 0 aromatic heterocycles. The third kappa shape index (κ3) is 5.99. The first kappa shape index (κ1) is 21.8. The van der Waals surface area contributed by atoms with Gasteiger partial charge in [-0.15, -0.1) is 0 Å². The van der Waals surface area contributed by atoms with Crippen LogP contribution >= 0.6 is 11.6 Å². The van der Waals surface area contributed by atoms with E-state index in [1.54, 1.807) is 0 Å². The third-order valence-corrected chi connectivity index (χ3v) is 7.45. The van der Waals surface area contributed by atoms with Gasteiger partial charge in [-0.2, -0.15) is 0 Å². The van der Waals surface area contributed by atoms with E-state index in [1.165, 1.54) is 24.3 Å². The lowest BCUT2D eigenvalue weighted by Crippen LogP contribution is -2.16. The van der Waals surface area contributed by atoms with Gasteiger partial charge in [0.25, 0.3) is 0 Å². The highest BCUT2D eigenvalue weighted by Gasteiger charge is 2.31. The van der Waals surface area contributed by atoms with Crippen LogP contribution in [0.3, 0.4) is 0 Å². The molecule has 27 heavy (non-hydrogen) atoms.